The Balaban J connectivity index is 1.73. The van der Waals surface area contributed by atoms with E-state index in [4.69, 9.17) is 9.78 Å². The van der Waals surface area contributed by atoms with E-state index in [1.165, 1.54) is 21.8 Å². The van der Waals surface area contributed by atoms with Crippen LogP contribution in [0.4, 0.5) is 0 Å². The fourth-order valence-corrected chi connectivity index (χ4v) is 3.44. The van der Waals surface area contributed by atoms with Crippen LogP contribution >= 0.6 is 23.1 Å². The summed E-state index contributed by atoms with van der Waals surface area (Å²) >= 11 is 3.09. The van der Waals surface area contributed by atoms with Gasteiger partial charge in [0, 0.05) is 4.90 Å². The third kappa shape index (κ3) is 3.15. The van der Waals surface area contributed by atoms with E-state index in [0.717, 1.165) is 4.88 Å². The second kappa shape index (κ2) is 6.12. The van der Waals surface area contributed by atoms with Crippen LogP contribution in [-0.2, 0) is 5.75 Å². The Labute approximate surface area is 130 Å². The van der Waals surface area contributed by atoms with Crippen molar-refractivity contribution in [3.8, 4) is 16.8 Å². The number of hydrogen-bond acceptors (Lipinski definition) is 6. The van der Waals surface area contributed by atoms with E-state index >= 15 is 0 Å². The monoisotopic (exact) mass is 313 g/mol. The SMILES string of the molecule is Cc1cccc(SCc2noc(-c3sccc3C#N)n2)c1. The van der Waals surface area contributed by atoms with Crippen LogP contribution in [0.1, 0.15) is 17.0 Å². The van der Waals surface area contributed by atoms with Crippen molar-refractivity contribution < 1.29 is 4.52 Å². The van der Waals surface area contributed by atoms with Crippen LogP contribution in [0.15, 0.2) is 45.1 Å². The third-order valence-corrected chi connectivity index (χ3v) is 4.70. The maximum Gasteiger partial charge on any atom is 0.269 e. The largest absolute Gasteiger partial charge is 0.333 e. The van der Waals surface area contributed by atoms with Gasteiger partial charge in [0.2, 0.25) is 0 Å². The Bertz CT molecular complexity index is 801. The molecule has 104 valence electrons. The van der Waals surface area contributed by atoms with Gasteiger partial charge in [-0.1, -0.05) is 22.9 Å². The van der Waals surface area contributed by atoms with Gasteiger partial charge in [-0.2, -0.15) is 10.2 Å². The normalized spacial score (nSPS) is 10.5. The number of benzene rings is 1. The summed E-state index contributed by atoms with van der Waals surface area (Å²) in [5.41, 5.74) is 1.80. The fraction of sp³-hybridized carbons (Fsp3) is 0.133. The van der Waals surface area contributed by atoms with Gasteiger partial charge in [-0.3, -0.25) is 0 Å². The Kier molecular flexibility index (Phi) is 4.04. The van der Waals surface area contributed by atoms with E-state index in [0.29, 0.717) is 23.0 Å². The molecule has 21 heavy (non-hydrogen) atoms. The van der Waals surface area contributed by atoms with Crippen LogP contribution < -0.4 is 0 Å². The zero-order valence-corrected chi connectivity index (χ0v) is 12.9. The Hall–Kier alpha value is -2.10. The summed E-state index contributed by atoms with van der Waals surface area (Å²) in [6, 6.07) is 12.2. The summed E-state index contributed by atoms with van der Waals surface area (Å²) in [5.74, 6) is 1.69. The van der Waals surface area contributed by atoms with E-state index in [9.17, 15) is 0 Å². The molecule has 1 aromatic carbocycles. The number of aryl methyl sites for hydroxylation is 1. The lowest BCUT2D eigenvalue weighted by molar-refractivity contribution is 0.426. The molecule has 0 atom stereocenters. The van der Waals surface area contributed by atoms with Crippen molar-refractivity contribution in [2.24, 2.45) is 0 Å². The summed E-state index contributed by atoms with van der Waals surface area (Å²) in [6.45, 7) is 2.07. The van der Waals surface area contributed by atoms with Crippen molar-refractivity contribution in [2.75, 3.05) is 0 Å². The van der Waals surface area contributed by atoms with Gasteiger partial charge in [-0.15, -0.1) is 23.1 Å². The number of nitrogens with zero attached hydrogens (tertiary/aromatic N) is 3. The van der Waals surface area contributed by atoms with Gasteiger partial charge in [0.1, 0.15) is 10.9 Å². The molecular weight excluding hydrogens is 302 g/mol. The molecule has 0 aliphatic rings. The molecule has 6 heteroatoms. The molecule has 0 saturated carbocycles. The minimum atomic E-state index is 0.418. The lowest BCUT2D eigenvalue weighted by Gasteiger charge is -1.99. The van der Waals surface area contributed by atoms with Gasteiger partial charge in [-0.05, 0) is 30.5 Å². The minimum Gasteiger partial charge on any atom is -0.333 e. The van der Waals surface area contributed by atoms with Gasteiger partial charge >= 0.3 is 0 Å². The van der Waals surface area contributed by atoms with Gasteiger partial charge in [0.05, 0.1) is 11.3 Å². The maximum absolute atomic E-state index is 9.02. The molecule has 0 radical (unpaired) electrons. The smallest absolute Gasteiger partial charge is 0.269 e. The highest BCUT2D eigenvalue weighted by Crippen LogP contribution is 2.29. The van der Waals surface area contributed by atoms with Crippen molar-refractivity contribution in [1.82, 2.24) is 10.1 Å². The van der Waals surface area contributed by atoms with Crippen LogP contribution in [0.5, 0.6) is 0 Å². The maximum atomic E-state index is 9.02. The molecular formula is C15H11N3OS2. The van der Waals surface area contributed by atoms with E-state index in [1.54, 1.807) is 17.8 Å². The van der Waals surface area contributed by atoms with E-state index in [-0.39, 0.29) is 0 Å². The molecule has 0 spiro atoms. The topological polar surface area (TPSA) is 62.7 Å². The summed E-state index contributed by atoms with van der Waals surface area (Å²) in [6.07, 6.45) is 0. The molecule has 2 heterocycles. The van der Waals surface area contributed by atoms with Crippen molar-refractivity contribution in [3.63, 3.8) is 0 Å². The summed E-state index contributed by atoms with van der Waals surface area (Å²) in [4.78, 5) is 6.27. The first kappa shape index (κ1) is 13.9. The number of nitriles is 1. The first-order chi connectivity index (χ1) is 10.3. The molecule has 0 N–H and O–H groups in total. The van der Waals surface area contributed by atoms with E-state index in [1.807, 2.05) is 11.4 Å². The van der Waals surface area contributed by atoms with E-state index < -0.39 is 0 Å². The second-order valence-electron chi connectivity index (χ2n) is 4.40. The van der Waals surface area contributed by atoms with Gasteiger partial charge < -0.3 is 4.52 Å². The van der Waals surface area contributed by atoms with Crippen LogP contribution in [0.2, 0.25) is 0 Å². The predicted octanol–water partition coefficient (Wildman–Crippen LogP) is 4.27. The standard InChI is InChI=1S/C15H11N3OS2/c1-10-3-2-4-12(7-10)21-9-13-17-15(19-18-13)14-11(8-16)5-6-20-14/h2-7H,9H2,1H3. The van der Waals surface area contributed by atoms with Crippen LogP contribution in [0.25, 0.3) is 10.8 Å². The number of thioether (sulfide) groups is 1. The highest BCUT2D eigenvalue weighted by atomic mass is 32.2. The lowest BCUT2D eigenvalue weighted by Crippen LogP contribution is -1.84. The highest BCUT2D eigenvalue weighted by molar-refractivity contribution is 7.98. The molecule has 3 rings (SSSR count). The number of hydrogen-bond donors (Lipinski definition) is 0. The Morgan fingerprint density at radius 3 is 3.10 bits per heavy atom. The fourth-order valence-electron chi connectivity index (χ4n) is 1.82. The quantitative estimate of drug-likeness (QED) is 0.673. The molecule has 0 fully saturated rings. The average molecular weight is 313 g/mol. The number of aromatic nitrogens is 2. The zero-order valence-electron chi connectivity index (χ0n) is 11.2. The summed E-state index contributed by atoms with van der Waals surface area (Å²) < 4.78 is 5.25. The number of rotatable bonds is 4. The van der Waals surface area contributed by atoms with Gasteiger partial charge in [0.15, 0.2) is 5.82 Å². The molecule has 0 saturated heterocycles. The van der Waals surface area contributed by atoms with Crippen molar-refractivity contribution >= 4 is 23.1 Å². The van der Waals surface area contributed by atoms with Crippen LogP contribution in [-0.4, -0.2) is 10.1 Å². The Morgan fingerprint density at radius 1 is 1.38 bits per heavy atom. The molecule has 3 aromatic rings. The predicted molar refractivity (Wildman–Crippen MR) is 83.1 cm³/mol. The van der Waals surface area contributed by atoms with Crippen molar-refractivity contribution in [3.05, 3.63) is 52.7 Å². The second-order valence-corrected chi connectivity index (χ2v) is 6.36. The highest BCUT2D eigenvalue weighted by Gasteiger charge is 2.14. The number of thiophene rings is 1. The molecule has 0 bridgehead atoms. The van der Waals surface area contributed by atoms with Gasteiger partial charge in [0.25, 0.3) is 5.89 Å². The molecule has 0 unspecified atom stereocenters. The molecule has 4 nitrogen and oxygen atoms in total. The van der Waals surface area contributed by atoms with Crippen molar-refractivity contribution in [2.45, 2.75) is 17.6 Å². The van der Waals surface area contributed by atoms with Gasteiger partial charge in [-0.25, -0.2) is 0 Å². The molecule has 2 aromatic heterocycles. The molecule has 0 aliphatic carbocycles. The van der Waals surface area contributed by atoms with Crippen LogP contribution in [0, 0.1) is 18.3 Å². The molecule has 0 amide bonds. The van der Waals surface area contributed by atoms with E-state index in [2.05, 4.69) is 41.3 Å². The van der Waals surface area contributed by atoms with Crippen molar-refractivity contribution in [1.29, 1.82) is 5.26 Å². The molecule has 0 aliphatic heterocycles. The Morgan fingerprint density at radius 2 is 2.29 bits per heavy atom. The summed E-state index contributed by atoms with van der Waals surface area (Å²) in [5, 5.41) is 14.8. The first-order valence-electron chi connectivity index (χ1n) is 6.26. The first-order valence-corrected chi connectivity index (χ1v) is 8.13. The summed E-state index contributed by atoms with van der Waals surface area (Å²) in [7, 11) is 0. The van der Waals surface area contributed by atoms with Crippen LogP contribution in [0.3, 0.4) is 0 Å². The zero-order chi connectivity index (χ0) is 14.7. The third-order valence-electron chi connectivity index (χ3n) is 2.81. The minimum absolute atomic E-state index is 0.418. The lowest BCUT2D eigenvalue weighted by atomic mass is 10.2. The average Bonchev–Trinajstić information content (AvgIpc) is 3.13.